The molecule has 0 fully saturated rings. The van der Waals surface area contributed by atoms with Crippen LogP contribution in [0.5, 0.6) is 11.5 Å². The Morgan fingerprint density at radius 3 is 2.53 bits per heavy atom. The highest BCUT2D eigenvalue weighted by molar-refractivity contribution is 5.90. The number of anilines is 1. The van der Waals surface area contributed by atoms with Gasteiger partial charge in [-0.3, -0.25) is 14.9 Å². The zero-order valence-electron chi connectivity index (χ0n) is 16.5. The van der Waals surface area contributed by atoms with Gasteiger partial charge in [0, 0.05) is 36.2 Å². The summed E-state index contributed by atoms with van der Waals surface area (Å²) in [6.07, 6.45) is 1.19. The summed E-state index contributed by atoms with van der Waals surface area (Å²) < 4.78 is 15.7. The molecular formula is C20H20N4O6. The minimum Gasteiger partial charge on any atom is -0.493 e. The van der Waals surface area contributed by atoms with E-state index < -0.39 is 4.92 Å². The molecule has 0 bridgehead atoms. The van der Waals surface area contributed by atoms with Crippen LogP contribution in [0.1, 0.15) is 18.7 Å². The first-order valence-corrected chi connectivity index (χ1v) is 9.09. The predicted octanol–water partition coefficient (Wildman–Crippen LogP) is 3.62. The number of aryl methyl sites for hydroxylation is 1. The number of methoxy groups -OCH3 is 2. The molecule has 30 heavy (non-hydrogen) atoms. The highest BCUT2D eigenvalue weighted by Crippen LogP contribution is 2.31. The Bertz CT molecular complexity index is 1030. The molecule has 0 radical (unpaired) electrons. The molecule has 156 valence electrons. The number of nitro benzene ring substituents is 1. The topological polar surface area (TPSA) is 130 Å². The summed E-state index contributed by atoms with van der Waals surface area (Å²) in [6.45, 7) is 0. The van der Waals surface area contributed by atoms with Crippen molar-refractivity contribution in [3.63, 3.8) is 0 Å². The molecule has 0 aliphatic rings. The van der Waals surface area contributed by atoms with Gasteiger partial charge in [0.2, 0.25) is 17.6 Å². The van der Waals surface area contributed by atoms with Crippen LogP contribution in [0, 0.1) is 10.1 Å². The summed E-state index contributed by atoms with van der Waals surface area (Å²) in [4.78, 5) is 26.5. The second kappa shape index (κ2) is 9.50. The molecule has 3 rings (SSSR count). The fourth-order valence-corrected chi connectivity index (χ4v) is 2.74. The van der Waals surface area contributed by atoms with Crippen molar-refractivity contribution in [3.8, 4) is 22.9 Å². The number of nitrogens with one attached hydrogen (secondary N) is 1. The number of ether oxygens (including phenoxy) is 2. The summed E-state index contributed by atoms with van der Waals surface area (Å²) in [5, 5.41) is 17.3. The van der Waals surface area contributed by atoms with Gasteiger partial charge in [-0.15, -0.1) is 0 Å². The molecule has 0 saturated carbocycles. The van der Waals surface area contributed by atoms with Gasteiger partial charge >= 0.3 is 0 Å². The van der Waals surface area contributed by atoms with Gasteiger partial charge in [-0.25, -0.2) is 0 Å². The van der Waals surface area contributed by atoms with Crippen molar-refractivity contribution in [3.05, 3.63) is 58.5 Å². The minimum absolute atomic E-state index is 0.0327. The Balaban J connectivity index is 1.52. The molecular weight excluding hydrogens is 392 g/mol. The van der Waals surface area contributed by atoms with Crippen LogP contribution in [0.25, 0.3) is 11.4 Å². The second-order valence-corrected chi connectivity index (χ2v) is 6.29. The van der Waals surface area contributed by atoms with Gasteiger partial charge in [0.1, 0.15) is 0 Å². The third-order valence-electron chi connectivity index (χ3n) is 4.27. The fraction of sp³-hybridized carbons (Fsp3) is 0.250. The average Bonchev–Trinajstić information content (AvgIpc) is 3.22. The van der Waals surface area contributed by atoms with Crippen LogP contribution in [-0.2, 0) is 11.2 Å². The maximum Gasteiger partial charge on any atom is 0.269 e. The lowest BCUT2D eigenvalue weighted by Crippen LogP contribution is -2.11. The van der Waals surface area contributed by atoms with E-state index in [1.54, 1.807) is 32.4 Å². The molecule has 1 aromatic heterocycles. The summed E-state index contributed by atoms with van der Waals surface area (Å²) in [5.41, 5.74) is 1.19. The molecule has 0 saturated heterocycles. The van der Waals surface area contributed by atoms with Crippen LogP contribution in [0.3, 0.4) is 0 Å². The van der Waals surface area contributed by atoms with Crippen molar-refractivity contribution >= 4 is 17.3 Å². The van der Waals surface area contributed by atoms with Crippen molar-refractivity contribution < 1.29 is 23.7 Å². The summed E-state index contributed by atoms with van der Waals surface area (Å²) in [7, 11) is 3.10. The zero-order chi connectivity index (χ0) is 21.5. The highest BCUT2D eigenvalue weighted by Gasteiger charge is 2.13. The van der Waals surface area contributed by atoms with Gasteiger partial charge in [-0.05, 0) is 36.8 Å². The first-order chi connectivity index (χ1) is 14.5. The number of hydrogen-bond acceptors (Lipinski definition) is 8. The number of nitro groups is 1. The first kappa shape index (κ1) is 20.8. The van der Waals surface area contributed by atoms with Gasteiger partial charge in [-0.2, -0.15) is 4.98 Å². The molecule has 10 heteroatoms. The zero-order valence-corrected chi connectivity index (χ0v) is 16.5. The Morgan fingerprint density at radius 2 is 1.87 bits per heavy atom. The molecule has 0 atom stereocenters. The van der Waals surface area contributed by atoms with Gasteiger partial charge in [0.25, 0.3) is 5.69 Å². The van der Waals surface area contributed by atoms with Crippen molar-refractivity contribution in [2.75, 3.05) is 19.5 Å². The maximum atomic E-state index is 12.0. The molecule has 1 amide bonds. The summed E-state index contributed by atoms with van der Waals surface area (Å²) in [5.74, 6) is 1.79. The fourth-order valence-electron chi connectivity index (χ4n) is 2.74. The van der Waals surface area contributed by atoms with Crippen molar-refractivity contribution in [2.24, 2.45) is 0 Å². The molecule has 3 aromatic rings. The van der Waals surface area contributed by atoms with Crippen LogP contribution in [0.2, 0.25) is 0 Å². The molecule has 10 nitrogen and oxygen atoms in total. The number of nitrogens with zero attached hydrogens (tertiary/aromatic N) is 3. The molecule has 0 aliphatic carbocycles. The van der Waals surface area contributed by atoms with Crippen molar-refractivity contribution in [1.29, 1.82) is 0 Å². The van der Waals surface area contributed by atoms with Gasteiger partial charge in [0.05, 0.1) is 19.1 Å². The number of carbonyl (C=O) groups is 1. The van der Waals surface area contributed by atoms with Crippen LogP contribution in [-0.4, -0.2) is 35.2 Å². The van der Waals surface area contributed by atoms with E-state index in [9.17, 15) is 14.9 Å². The van der Waals surface area contributed by atoms with E-state index in [4.69, 9.17) is 14.0 Å². The molecule has 1 N–H and O–H groups in total. The number of rotatable bonds is 9. The number of benzene rings is 2. The largest absolute Gasteiger partial charge is 0.493 e. The first-order valence-electron chi connectivity index (χ1n) is 9.09. The van der Waals surface area contributed by atoms with Crippen molar-refractivity contribution in [1.82, 2.24) is 10.1 Å². The number of aromatic nitrogens is 2. The standard InChI is InChI=1S/C20H20N4O6/c1-28-16-11-6-13(12-17(16)29-2)20-22-19(30-23-20)5-3-4-18(25)21-14-7-9-15(10-8-14)24(26)27/h6-12H,3-5H2,1-2H3,(H,21,25). The predicted molar refractivity (Wildman–Crippen MR) is 108 cm³/mol. The summed E-state index contributed by atoms with van der Waals surface area (Å²) >= 11 is 0. The lowest BCUT2D eigenvalue weighted by atomic mass is 10.2. The Hall–Kier alpha value is -3.95. The van der Waals surface area contributed by atoms with Crippen LogP contribution < -0.4 is 14.8 Å². The molecule has 0 unspecified atom stereocenters. The van der Waals surface area contributed by atoms with Gasteiger partial charge < -0.3 is 19.3 Å². The normalized spacial score (nSPS) is 10.5. The SMILES string of the molecule is COc1ccc(-c2noc(CCCC(=O)Nc3ccc([N+](=O)[O-])cc3)n2)cc1OC. The van der Waals surface area contributed by atoms with E-state index in [0.29, 0.717) is 41.7 Å². The number of hydrogen-bond donors (Lipinski definition) is 1. The molecule has 0 spiro atoms. The molecule has 2 aromatic carbocycles. The van der Waals surface area contributed by atoms with Gasteiger partial charge in [-0.1, -0.05) is 5.16 Å². The van der Waals surface area contributed by atoms with E-state index in [1.165, 1.54) is 24.3 Å². The Labute approximate surface area is 172 Å². The third kappa shape index (κ3) is 5.10. The van der Waals surface area contributed by atoms with Crippen LogP contribution in [0.4, 0.5) is 11.4 Å². The van der Waals surface area contributed by atoms with E-state index in [1.807, 2.05) is 0 Å². The number of non-ortho nitro benzene ring substituents is 1. The third-order valence-corrected chi connectivity index (χ3v) is 4.27. The van der Waals surface area contributed by atoms with Crippen LogP contribution >= 0.6 is 0 Å². The van der Waals surface area contributed by atoms with Crippen LogP contribution in [0.15, 0.2) is 47.0 Å². The molecule has 0 aliphatic heterocycles. The van der Waals surface area contributed by atoms with Crippen molar-refractivity contribution in [2.45, 2.75) is 19.3 Å². The van der Waals surface area contributed by atoms with E-state index >= 15 is 0 Å². The minimum atomic E-state index is -0.494. The lowest BCUT2D eigenvalue weighted by molar-refractivity contribution is -0.384. The second-order valence-electron chi connectivity index (χ2n) is 6.29. The van der Waals surface area contributed by atoms with Gasteiger partial charge in [0.15, 0.2) is 11.5 Å². The number of amides is 1. The Morgan fingerprint density at radius 1 is 1.13 bits per heavy atom. The van der Waals surface area contributed by atoms with E-state index in [2.05, 4.69) is 15.5 Å². The monoisotopic (exact) mass is 412 g/mol. The summed E-state index contributed by atoms with van der Waals surface area (Å²) in [6, 6.07) is 11.0. The lowest BCUT2D eigenvalue weighted by Gasteiger charge is -2.07. The number of carbonyl (C=O) groups excluding carboxylic acids is 1. The van der Waals surface area contributed by atoms with E-state index in [0.717, 1.165) is 5.56 Å². The highest BCUT2D eigenvalue weighted by atomic mass is 16.6. The quantitative estimate of drug-likeness (QED) is 0.417. The maximum absolute atomic E-state index is 12.0. The average molecular weight is 412 g/mol. The smallest absolute Gasteiger partial charge is 0.269 e. The van der Waals surface area contributed by atoms with E-state index in [-0.39, 0.29) is 18.0 Å². The Kier molecular flexibility index (Phi) is 6.58. The molecule has 1 heterocycles.